The maximum absolute atomic E-state index is 10.8. The highest BCUT2D eigenvalue weighted by Crippen LogP contribution is 2.26. The number of hydrogen-bond donors (Lipinski definition) is 1. The Kier molecular flexibility index (Phi) is 4.10. The average Bonchev–Trinajstić information content (AvgIpc) is 2.98. The number of para-hydroxylation sites is 1. The molecular formula is C18H16N3O2-. The fraction of sp³-hybridized carbons (Fsp3) is 0.111. The number of aliphatic carboxylic acids is 1. The van der Waals surface area contributed by atoms with Gasteiger partial charge in [0.1, 0.15) is 0 Å². The van der Waals surface area contributed by atoms with Crippen LogP contribution in [0.1, 0.15) is 12.0 Å². The van der Waals surface area contributed by atoms with Gasteiger partial charge in [-0.1, -0.05) is 30.3 Å². The van der Waals surface area contributed by atoms with Gasteiger partial charge in [-0.05, 0) is 42.7 Å². The molecule has 0 atom stereocenters. The van der Waals surface area contributed by atoms with E-state index >= 15 is 0 Å². The van der Waals surface area contributed by atoms with Crippen molar-refractivity contribution in [2.75, 3.05) is 5.73 Å². The summed E-state index contributed by atoms with van der Waals surface area (Å²) in [5, 5.41) is 15.4. The Morgan fingerprint density at radius 2 is 1.91 bits per heavy atom. The second-order valence-corrected chi connectivity index (χ2v) is 5.28. The Morgan fingerprint density at radius 3 is 2.61 bits per heavy atom. The standard InChI is InChI=1S/C18H17N3O2/c19-15-6-4-5-13(11-15)18-14(9-10-17(22)23)12-21(20-18)16-7-2-1-3-8-16/h1-8,11-12H,9-10,19H2,(H,22,23)/p-1. The summed E-state index contributed by atoms with van der Waals surface area (Å²) in [6.07, 6.45) is 2.17. The van der Waals surface area contributed by atoms with Crippen LogP contribution in [0.5, 0.6) is 0 Å². The number of aryl methyl sites for hydroxylation is 1. The third-order valence-corrected chi connectivity index (χ3v) is 3.57. The minimum atomic E-state index is -1.07. The summed E-state index contributed by atoms with van der Waals surface area (Å²) in [6.45, 7) is 0. The van der Waals surface area contributed by atoms with Crippen molar-refractivity contribution in [1.82, 2.24) is 9.78 Å². The number of nitrogens with two attached hydrogens (primary N) is 1. The second kappa shape index (κ2) is 6.36. The Hall–Kier alpha value is -3.08. The van der Waals surface area contributed by atoms with Crippen LogP contribution in [0.25, 0.3) is 16.9 Å². The SMILES string of the molecule is Nc1cccc(-c2nn(-c3ccccc3)cc2CCC(=O)[O-])c1. The first-order valence-corrected chi connectivity index (χ1v) is 7.33. The molecule has 0 spiro atoms. The molecule has 0 aliphatic heterocycles. The number of carboxylic acid groups (broad SMARTS) is 1. The van der Waals surface area contributed by atoms with Gasteiger partial charge < -0.3 is 15.6 Å². The number of aromatic nitrogens is 2. The van der Waals surface area contributed by atoms with Crippen LogP contribution in [-0.4, -0.2) is 15.7 Å². The van der Waals surface area contributed by atoms with E-state index in [1.165, 1.54) is 0 Å². The van der Waals surface area contributed by atoms with Crippen LogP contribution in [0.15, 0.2) is 60.8 Å². The van der Waals surface area contributed by atoms with Gasteiger partial charge in [0.2, 0.25) is 0 Å². The van der Waals surface area contributed by atoms with Gasteiger partial charge in [-0.15, -0.1) is 0 Å². The van der Waals surface area contributed by atoms with Crippen molar-refractivity contribution in [3.8, 4) is 16.9 Å². The lowest BCUT2D eigenvalue weighted by Crippen LogP contribution is -2.22. The summed E-state index contributed by atoms with van der Waals surface area (Å²) in [5.41, 5.74) is 9.86. The van der Waals surface area contributed by atoms with Gasteiger partial charge in [0, 0.05) is 23.4 Å². The van der Waals surface area contributed by atoms with Crippen LogP contribution in [0.2, 0.25) is 0 Å². The first kappa shape index (κ1) is 14.8. The van der Waals surface area contributed by atoms with Crippen molar-refractivity contribution in [3.05, 3.63) is 66.4 Å². The van der Waals surface area contributed by atoms with E-state index in [9.17, 15) is 9.90 Å². The average molecular weight is 306 g/mol. The van der Waals surface area contributed by atoms with E-state index in [0.29, 0.717) is 12.1 Å². The molecule has 0 radical (unpaired) electrons. The van der Waals surface area contributed by atoms with E-state index in [2.05, 4.69) is 5.10 Å². The van der Waals surface area contributed by atoms with E-state index in [0.717, 1.165) is 22.5 Å². The first-order chi connectivity index (χ1) is 11.1. The fourth-order valence-corrected chi connectivity index (χ4v) is 2.47. The maximum Gasteiger partial charge on any atom is 0.0960 e. The molecule has 0 saturated heterocycles. The molecular weight excluding hydrogens is 290 g/mol. The Bertz CT molecular complexity index is 825. The van der Waals surface area contributed by atoms with Gasteiger partial charge in [0.15, 0.2) is 0 Å². The molecule has 3 rings (SSSR count). The maximum atomic E-state index is 10.8. The predicted octanol–water partition coefficient (Wildman–Crippen LogP) is 1.80. The molecule has 0 amide bonds. The number of anilines is 1. The van der Waals surface area contributed by atoms with E-state index in [1.54, 1.807) is 10.7 Å². The number of benzene rings is 2. The van der Waals surface area contributed by atoms with Crippen LogP contribution in [-0.2, 0) is 11.2 Å². The van der Waals surface area contributed by atoms with Crippen LogP contribution >= 0.6 is 0 Å². The van der Waals surface area contributed by atoms with Crippen molar-refractivity contribution >= 4 is 11.7 Å². The number of carboxylic acids is 1. The molecule has 0 bridgehead atoms. The van der Waals surface area contributed by atoms with Crippen molar-refractivity contribution < 1.29 is 9.90 Å². The molecule has 5 heteroatoms. The summed E-state index contributed by atoms with van der Waals surface area (Å²) in [6, 6.07) is 17.1. The topological polar surface area (TPSA) is 84.0 Å². The van der Waals surface area contributed by atoms with E-state index in [4.69, 9.17) is 5.73 Å². The highest BCUT2D eigenvalue weighted by atomic mass is 16.4. The minimum Gasteiger partial charge on any atom is -0.550 e. The lowest BCUT2D eigenvalue weighted by Gasteiger charge is -2.04. The Morgan fingerprint density at radius 1 is 1.13 bits per heavy atom. The van der Waals surface area contributed by atoms with Crippen molar-refractivity contribution in [2.24, 2.45) is 0 Å². The van der Waals surface area contributed by atoms with Crippen LogP contribution < -0.4 is 10.8 Å². The lowest BCUT2D eigenvalue weighted by molar-refractivity contribution is -0.305. The number of nitrogen functional groups attached to an aromatic ring is 1. The molecule has 3 aromatic rings. The van der Waals surface area contributed by atoms with Crippen LogP contribution in [0, 0.1) is 0 Å². The van der Waals surface area contributed by atoms with E-state index in [-0.39, 0.29) is 6.42 Å². The van der Waals surface area contributed by atoms with Crippen LogP contribution in [0.3, 0.4) is 0 Å². The van der Waals surface area contributed by atoms with Gasteiger partial charge in [-0.3, -0.25) is 0 Å². The zero-order valence-electron chi connectivity index (χ0n) is 12.5. The van der Waals surface area contributed by atoms with E-state index in [1.807, 2.05) is 54.7 Å². The molecule has 116 valence electrons. The molecule has 1 aromatic heterocycles. The number of hydrogen-bond acceptors (Lipinski definition) is 4. The summed E-state index contributed by atoms with van der Waals surface area (Å²) < 4.78 is 1.75. The normalized spacial score (nSPS) is 10.6. The zero-order valence-corrected chi connectivity index (χ0v) is 12.5. The molecule has 1 heterocycles. The predicted molar refractivity (Wildman–Crippen MR) is 86.7 cm³/mol. The van der Waals surface area contributed by atoms with Crippen molar-refractivity contribution in [3.63, 3.8) is 0 Å². The molecule has 0 aliphatic carbocycles. The lowest BCUT2D eigenvalue weighted by atomic mass is 10.0. The van der Waals surface area contributed by atoms with Crippen molar-refractivity contribution in [1.29, 1.82) is 0 Å². The Balaban J connectivity index is 2.05. The summed E-state index contributed by atoms with van der Waals surface area (Å²) in [7, 11) is 0. The number of nitrogens with zero attached hydrogens (tertiary/aromatic N) is 2. The number of carbonyl (C=O) groups excluding carboxylic acids is 1. The molecule has 5 nitrogen and oxygen atoms in total. The molecule has 23 heavy (non-hydrogen) atoms. The van der Waals surface area contributed by atoms with Gasteiger partial charge >= 0.3 is 0 Å². The highest BCUT2D eigenvalue weighted by molar-refractivity contribution is 5.69. The summed E-state index contributed by atoms with van der Waals surface area (Å²) >= 11 is 0. The molecule has 2 N–H and O–H groups in total. The number of carbonyl (C=O) groups is 1. The first-order valence-electron chi connectivity index (χ1n) is 7.33. The molecule has 2 aromatic carbocycles. The smallest absolute Gasteiger partial charge is 0.0960 e. The number of rotatable bonds is 5. The molecule has 0 fully saturated rings. The van der Waals surface area contributed by atoms with Crippen molar-refractivity contribution in [2.45, 2.75) is 12.8 Å². The van der Waals surface area contributed by atoms with Gasteiger partial charge in [0.05, 0.1) is 11.4 Å². The quantitative estimate of drug-likeness (QED) is 0.729. The third-order valence-electron chi connectivity index (χ3n) is 3.57. The van der Waals surface area contributed by atoms with Gasteiger partial charge in [-0.25, -0.2) is 4.68 Å². The second-order valence-electron chi connectivity index (χ2n) is 5.28. The Labute approximate surface area is 134 Å². The molecule has 0 aliphatic rings. The minimum absolute atomic E-state index is 0.0458. The molecule has 0 saturated carbocycles. The summed E-state index contributed by atoms with van der Waals surface area (Å²) in [4.78, 5) is 10.8. The highest BCUT2D eigenvalue weighted by Gasteiger charge is 2.12. The van der Waals surface area contributed by atoms with Crippen LogP contribution in [0.4, 0.5) is 5.69 Å². The largest absolute Gasteiger partial charge is 0.550 e. The molecule has 0 unspecified atom stereocenters. The third kappa shape index (κ3) is 3.40. The van der Waals surface area contributed by atoms with Gasteiger partial charge in [-0.2, -0.15) is 5.10 Å². The van der Waals surface area contributed by atoms with Gasteiger partial charge in [0.25, 0.3) is 0 Å². The zero-order chi connectivity index (χ0) is 16.2. The summed E-state index contributed by atoms with van der Waals surface area (Å²) in [5.74, 6) is -1.07. The fourth-order valence-electron chi connectivity index (χ4n) is 2.47. The van der Waals surface area contributed by atoms with E-state index < -0.39 is 5.97 Å². The monoisotopic (exact) mass is 306 g/mol.